The van der Waals surface area contributed by atoms with Crippen LogP contribution in [0.1, 0.15) is 30.0 Å². The van der Waals surface area contributed by atoms with Crippen LogP contribution in [0.4, 0.5) is 5.69 Å². The molecule has 21 heavy (non-hydrogen) atoms. The summed E-state index contributed by atoms with van der Waals surface area (Å²) in [4.78, 5) is 0.255. The fourth-order valence-corrected chi connectivity index (χ4v) is 4.14. The molecule has 120 valence electrons. The van der Waals surface area contributed by atoms with Gasteiger partial charge in [0, 0.05) is 34.5 Å². The van der Waals surface area contributed by atoms with Gasteiger partial charge in [-0.05, 0) is 49.9 Å². The largest absolute Gasteiger partial charge is 0.398 e. The highest BCUT2D eigenvalue weighted by Gasteiger charge is 2.22. The number of nitrogens with one attached hydrogen (secondary N) is 1. The first-order chi connectivity index (χ1) is 9.58. The summed E-state index contributed by atoms with van der Waals surface area (Å²) in [7, 11) is -4.57. The normalized spacial score (nSPS) is 14.9. The zero-order valence-corrected chi connectivity index (χ0v) is 14.8. The number of aryl methyl sites for hydroxylation is 1. The molecule has 0 aliphatic carbocycles. The number of anilines is 1. The van der Waals surface area contributed by atoms with Crippen molar-refractivity contribution in [2.45, 2.75) is 44.3 Å². The molecule has 5 nitrogen and oxygen atoms in total. The molecule has 0 saturated heterocycles. The Morgan fingerprint density at radius 1 is 1.29 bits per heavy atom. The molecule has 7 heteroatoms. The van der Waals surface area contributed by atoms with Crippen molar-refractivity contribution in [3.63, 3.8) is 0 Å². The second-order valence-electron chi connectivity index (χ2n) is 5.36. The molecule has 0 bridgehead atoms. The van der Waals surface area contributed by atoms with Crippen LogP contribution < -0.4 is 10.5 Å². The topological polar surface area (TPSA) is 89.3 Å². The number of benzene rings is 1. The van der Waals surface area contributed by atoms with Gasteiger partial charge < -0.3 is 5.73 Å². The predicted molar refractivity (Wildman–Crippen MR) is 88.4 cm³/mol. The Balaban J connectivity index is 3.02. The summed E-state index contributed by atoms with van der Waals surface area (Å²) in [5, 5.41) is -0.0440. The molecule has 3 N–H and O–H groups in total. The molecule has 2 unspecified atom stereocenters. The lowest BCUT2D eigenvalue weighted by Gasteiger charge is -2.16. The Morgan fingerprint density at radius 3 is 2.38 bits per heavy atom. The van der Waals surface area contributed by atoms with E-state index in [1.54, 1.807) is 26.2 Å². The summed E-state index contributed by atoms with van der Waals surface area (Å²) in [6.07, 6.45) is 2.15. The second-order valence-corrected chi connectivity index (χ2v) is 8.86. The van der Waals surface area contributed by atoms with Gasteiger partial charge in [-0.2, -0.15) is 0 Å². The molecule has 0 amide bonds. The minimum atomic E-state index is -3.62. The number of sulfonamides is 1. The van der Waals surface area contributed by atoms with E-state index in [0.717, 1.165) is 5.56 Å². The van der Waals surface area contributed by atoms with E-state index in [2.05, 4.69) is 4.72 Å². The smallest absolute Gasteiger partial charge is 0.241 e. The van der Waals surface area contributed by atoms with Crippen LogP contribution in [0, 0.1) is 20.8 Å². The molecule has 0 aliphatic rings. The highest BCUT2D eigenvalue weighted by molar-refractivity contribution is 7.89. The third-order valence-corrected chi connectivity index (χ3v) is 6.86. The summed E-state index contributed by atoms with van der Waals surface area (Å²) in [5.74, 6) is 0. The van der Waals surface area contributed by atoms with Crippen molar-refractivity contribution in [3.8, 4) is 0 Å². The Kier molecular flexibility index (Phi) is 5.95. The molecule has 1 rings (SSSR count). The third-order valence-electron chi connectivity index (χ3n) is 3.76. The molecule has 0 radical (unpaired) electrons. The molecular formula is C14H24N2O3S2. The molecule has 1 aromatic carbocycles. The summed E-state index contributed by atoms with van der Waals surface area (Å²) in [5.41, 5.74) is 8.47. The van der Waals surface area contributed by atoms with Gasteiger partial charge in [0.05, 0.1) is 4.90 Å². The van der Waals surface area contributed by atoms with Crippen LogP contribution in [0.15, 0.2) is 11.0 Å². The van der Waals surface area contributed by atoms with Gasteiger partial charge in [-0.25, -0.2) is 13.1 Å². The van der Waals surface area contributed by atoms with Gasteiger partial charge in [-0.1, -0.05) is 6.92 Å². The maximum Gasteiger partial charge on any atom is 0.241 e. The minimum Gasteiger partial charge on any atom is -0.398 e. The fraction of sp³-hybridized carbons (Fsp3) is 0.571. The lowest BCUT2D eigenvalue weighted by molar-refractivity contribution is 0.576. The van der Waals surface area contributed by atoms with E-state index >= 15 is 0 Å². The van der Waals surface area contributed by atoms with E-state index in [-0.39, 0.29) is 16.7 Å². The Hall–Kier alpha value is -0.920. The van der Waals surface area contributed by atoms with Crippen molar-refractivity contribution in [2.75, 3.05) is 18.5 Å². The minimum absolute atomic E-state index is 0.0440. The van der Waals surface area contributed by atoms with Crippen molar-refractivity contribution < 1.29 is 12.6 Å². The van der Waals surface area contributed by atoms with Gasteiger partial charge in [-0.3, -0.25) is 4.21 Å². The molecule has 1 aromatic rings. The monoisotopic (exact) mass is 332 g/mol. The maximum atomic E-state index is 12.5. The summed E-state index contributed by atoms with van der Waals surface area (Å²) in [6, 6.07) is 1.78. The molecule has 2 atom stereocenters. The number of hydrogen-bond donors (Lipinski definition) is 2. The predicted octanol–water partition coefficient (Wildman–Crippen LogP) is 1.63. The SMILES string of the molecule is Cc1cc(N)c(C)c(S(=O)(=O)NCCC(C)S(C)=O)c1C. The van der Waals surface area contributed by atoms with Crippen molar-refractivity contribution in [1.29, 1.82) is 0 Å². The van der Waals surface area contributed by atoms with E-state index in [1.165, 1.54) is 0 Å². The van der Waals surface area contributed by atoms with E-state index in [1.807, 2.05) is 13.8 Å². The van der Waals surface area contributed by atoms with Crippen LogP contribution in [0.3, 0.4) is 0 Å². The molecule has 0 aliphatic heterocycles. The summed E-state index contributed by atoms with van der Waals surface area (Å²) >= 11 is 0. The first kappa shape index (κ1) is 18.1. The standard InChI is InChI=1S/C14H24N2O3S2/c1-9-8-13(15)12(4)14(11(9)3)21(18,19)16-7-6-10(2)20(5)17/h8,10,16H,6-7,15H2,1-5H3. The number of nitrogen functional groups attached to an aromatic ring is 1. The van der Waals surface area contributed by atoms with Crippen LogP contribution in [-0.4, -0.2) is 30.7 Å². The fourth-order valence-electron chi connectivity index (χ4n) is 2.08. The third kappa shape index (κ3) is 4.28. The maximum absolute atomic E-state index is 12.5. The average Bonchev–Trinajstić information content (AvgIpc) is 2.35. The zero-order valence-electron chi connectivity index (χ0n) is 13.2. The number of nitrogens with two attached hydrogens (primary N) is 1. The van der Waals surface area contributed by atoms with E-state index in [0.29, 0.717) is 23.2 Å². The summed E-state index contributed by atoms with van der Waals surface area (Å²) in [6.45, 7) is 7.42. The van der Waals surface area contributed by atoms with Crippen molar-refractivity contribution >= 4 is 26.5 Å². The van der Waals surface area contributed by atoms with Crippen molar-refractivity contribution in [2.24, 2.45) is 0 Å². The van der Waals surface area contributed by atoms with Crippen LogP contribution in [0.2, 0.25) is 0 Å². The highest BCUT2D eigenvalue weighted by Crippen LogP contribution is 2.27. The lowest BCUT2D eigenvalue weighted by atomic mass is 10.1. The van der Waals surface area contributed by atoms with Crippen molar-refractivity contribution in [3.05, 3.63) is 22.8 Å². The molecule has 0 spiro atoms. The van der Waals surface area contributed by atoms with E-state index in [9.17, 15) is 12.6 Å². The van der Waals surface area contributed by atoms with Gasteiger partial charge >= 0.3 is 0 Å². The van der Waals surface area contributed by atoms with Crippen LogP contribution in [0.25, 0.3) is 0 Å². The van der Waals surface area contributed by atoms with Gasteiger partial charge in [0.15, 0.2) is 0 Å². The van der Waals surface area contributed by atoms with Crippen LogP contribution >= 0.6 is 0 Å². The van der Waals surface area contributed by atoms with Crippen LogP contribution in [-0.2, 0) is 20.8 Å². The average molecular weight is 332 g/mol. The Labute approximate surface area is 129 Å². The highest BCUT2D eigenvalue weighted by atomic mass is 32.2. The lowest BCUT2D eigenvalue weighted by Crippen LogP contribution is -2.29. The second kappa shape index (κ2) is 6.89. The van der Waals surface area contributed by atoms with E-state index < -0.39 is 20.8 Å². The van der Waals surface area contributed by atoms with Gasteiger partial charge in [-0.15, -0.1) is 0 Å². The quantitative estimate of drug-likeness (QED) is 0.775. The van der Waals surface area contributed by atoms with Gasteiger partial charge in [0.2, 0.25) is 10.0 Å². The molecule has 0 fully saturated rings. The molecule has 0 aromatic heterocycles. The van der Waals surface area contributed by atoms with E-state index in [4.69, 9.17) is 5.73 Å². The molecule has 0 heterocycles. The summed E-state index contributed by atoms with van der Waals surface area (Å²) < 4.78 is 38.8. The number of hydrogen-bond acceptors (Lipinski definition) is 4. The first-order valence-electron chi connectivity index (χ1n) is 6.76. The van der Waals surface area contributed by atoms with Crippen molar-refractivity contribution in [1.82, 2.24) is 4.72 Å². The Bertz CT molecular complexity index is 628. The van der Waals surface area contributed by atoms with Crippen LogP contribution in [0.5, 0.6) is 0 Å². The number of rotatable bonds is 6. The van der Waals surface area contributed by atoms with Gasteiger partial charge in [0.25, 0.3) is 0 Å². The molecule has 0 saturated carbocycles. The first-order valence-corrected chi connectivity index (χ1v) is 9.86. The molecular weight excluding hydrogens is 308 g/mol. The van der Waals surface area contributed by atoms with Gasteiger partial charge in [0.1, 0.15) is 0 Å². The Morgan fingerprint density at radius 2 is 1.86 bits per heavy atom. The zero-order chi connectivity index (χ0) is 16.4.